The van der Waals surface area contributed by atoms with Crippen LogP contribution >= 0.6 is 11.6 Å². The lowest BCUT2D eigenvalue weighted by atomic mass is 9.95. The summed E-state index contributed by atoms with van der Waals surface area (Å²) in [6, 6.07) is 7.58. The summed E-state index contributed by atoms with van der Waals surface area (Å²) < 4.78 is 0. The van der Waals surface area contributed by atoms with E-state index in [9.17, 15) is 9.90 Å². The van der Waals surface area contributed by atoms with Gasteiger partial charge in [0.05, 0.1) is 17.7 Å². The van der Waals surface area contributed by atoms with Gasteiger partial charge in [-0.1, -0.05) is 30.7 Å². The van der Waals surface area contributed by atoms with Crippen molar-refractivity contribution in [3.8, 4) is 0 Å². The minimum Gasteiger partial charge on any atom is -0.387 e. The number of aliphatic hydroxyl groups excluding tert-OH is 1. The van der Waals surface area contributed by atoms with Gasteiger partial charge in [0.25, 0.3) is 0 Å². The number of nitrogens with one attached hydrogen (secondary N) is 1. The average molecular weight is 472 g/mol. The van der Waals surface area contributed by atoms with Crippen LogP contribution in [-0.4, -0.2) is 64.1 Å². The average Bonchev–Trinajstić information content (AvgIpc) is 3.08. The minimum absolute atomic E-state index is 0.0850. The summed E-state index contributed by atoms with van der Waals surface area (Å²) in [6.07, 6.45) is 1.71. The largest absolute Gasteiger partial charge is 0.387 e. The van der Waals surface area contributed by atoms with Gasteiger partial charge >= 0.3 is 0 Å². The van der Waals surface area contributed by atoms with E-state index in [-0.39, 0.29) is 23.3 Å². The summed E-state index contributed by atoms with van der Waals surface area (Å²) in [5, 5.41) is 14.5. The van der Waals surface area contributed by atoms with Crippen LogP contribution in [0.2, 0.25) is 5.02 Å². The van der Waals surface area contributed by atoms with Crippen molar-refractivity contribution in [2.45, 2.75) is 57.6 Å². The van der Waals surface area contributed by atoms with E-state index in [2.05, 4.69) is 47.9 Å². The van der Waals surface area contributed by atoms with E-state index in [1.807, 2.05) is 29.2 Å². The Bertz CT molecular complexity index is 983. The van der Waals surface area contributed by atoms with Crippen molar-refractivity contribution >= 4 is 23.3 Å². The Hall–Kier alpha value is -2.22. The highest BCUT2D eigenvalue weighted by atomic mass is 35.5. The molecule has 2 aromatic rings. The van der Waals surface area contributed by atoms with Gasteiger partial charge in [-0.2, -0.15) is 0 Å². The number of hydrogen-bond acceptors (Lipinski definition) is 6. The first-order valence-corrected chi connectivity index (χ1v) is 12.1. The molecule has 8 heteroatoms. The van der Waals surface area contributed by atoms with Gasteiger partial charge in [0, 0.05) is 48.8 Å². The molecule has 4 rings (SSSR count). The molecule has 1 saturated heterocycles. The molecule has 7 nitrogen and oxygen atoms in total. The molecule has 3 atom stereocenters. The Morgan fingerprint density at radius 3 is 2.48 bits per heavy atom. The topological polar surface area (TPSA) is 81.6 Å². The zero-order valence-corrected chi connectivity index (χ0v) is 20.6. The van der Waals surface area contributed by atoms with E-state index in [1.165, 1.54) is 0 Å². The summed E-state index contributed by atoms with van der Waals surface area (Å²) in [6.45, 7) is 11.7. The summed E-state index contributed by atoms with van der Waals surface area (Å²) >= 11 is 6.09. The van der Waals surface area contributed by atoms with Crippen molar-refractivity contribution in [1.29, 1.82) is 0 Å². The molecule has 1 aliphatic heterocycles. The number of aliphatic hydroxyl groups is 1. The molecular formula is C25H34ClN5O2. The summed E-state index contributed by atoms with van der Waals surface area (Å²) in [5.41, 5.74) is 2.69. The molecule has 1 unspecified atom stereocenters. The van der Waals surface area contributed by atoms with Gasteiger partial charge in [-0.25, -0.2) is 9.97 Å². The van der Waals surface area contributed by atoms with Gasteiger partial charge < -0.3 is 20.2 Å². The third kappa shape index (κ3) is 5.31. The lowest BCUT2D eigenvalue weighted by molar-refractivity contribution is -0.133. The first-order chi connectivity index (χ1) is 15.6. The fourth-order valence-corrected chi connectivity index (χ4v) is 4.89. The van der Waals surface area contributed by atoms with E-state index < -0.39 is 6.10 Å². The van der Waals surface area contributed by atoms with Crippen molar-refractivity contribution < 1.29 is 9.90 Å². The van der Waals surface area contributed by atoms with Crippen LogP contribution in [0.1, 0.15) is 68.9 Å². The summed E-state index contributed by atoms with van der Waals surface area (Å²) in [4.78, 5) is 26.7. The monoisotopic (exact) mass is 471 g/mol. The van der Waals surface area contributed by atoms with Gasteiger partial charge in [0.1, 0.15) is 12.1 Å². The number of amides is 1. The number of piperazine rings is 1. The fourth-order valence-electron chi connectivity index (χ4n) is 4.76. The van der Waals surface area contributed by atoms with Crippen molar-refractivity contribution in [3.05, 3.63) is 52.4 Å². The second-order valence-corrected chi connectivity index (χ2v) is 10.6. The van der Waals surface area contributed by atoms with Crippen molar-refractivity contribution in [2.24, 2.45) is 0 Å². The van der Waals surface area contributed by atoms with Crippen molar-refractivity contribution in [1.82, 2.24) is 20.2 Å². The van der Waals surface area contributed by atoms with Crippen LogP contribution in [0, 0.1) is 0 Å². The zero-order chi connectivity index (χ0) is 23.8. The molecule has 1 aliphatic carbocycles. The number of carbonyl (C=O) groups is 1. The molecule has 0 radical (unpaired) electrons. The first-order valence-electron chi connectivity index (χ1n) is 11.7. The number of hydrogen-bond donors (Lipinski definition) is 2. The normalized spacial score (nSPS) is 21.8. The van der Waals surface area contributed by atoms with Crippen LogP contribution in [0.5, 0.6) is 0 Å². The molecule has 0 spiro atoms. The fraction of sp³-hybridized carbons (Fsp3) is 0.560. The highest BCUT2D eigenvalue weighted by Crippen LogP contribution is 2.42. The zero-order valence-electron chi connectivity index (χ0n) is 19.9. The molecule has 1 aromatic carbocycles. The Kier molecular flexibility index (Phi) is 6.93. The van der Waals surface area contributed by atoms with Crippen LogP contribution in [-0.2, 0) is 4.79 Å². The smallest absolute Gasteiger partial charge is 0.231 e. The Morgan fingerprint density at radius 1 is 1.18 bits per heavy atom. The molecule has 0 saturated carbocycles. The number of rotatable bonds is 5. The molecule has 2 aliphatic rings. The molecule has 1 fully saturated rings. The lowest BCUT2D eigenvalue weighted by Crippen LogP contribution is -2.52. The summed E-state index contributed by atoms with van der Waals surface area (Å²) in [5.74, 6) is 0.986. The number of carbonyl (C=O) groups excluding carboxylic acids is 1. The van der Waals surface area contributed by atoms with Crippen LogP contribution in [0.4, 0.5) is 5.82 Å². The predicted molar refractivity (Wildman–Crippen MR) is 131 cm³/mol. The van der Waals surface area contributed by atoms with E-state index in [0.29, 0.717) is 44.2 Å². The van der Waals surface area contributed by atoms with E-state index in [0.717, 1.165) is 22.6 Å². The lowest BCUT2D eigenvalue weighted by Gasteiger charge is -2.38. The molecule has 2 heterocycles. The maximum atomic E-state index is 13.6. The Morgan fingerprint density at radius 2 is 1.85 bits per heavy atom. The predicted octanol–water partition coefficient (Wildman–Crippen LogP) is 3.49. The second kappa shape index (κ2) is 9.57. The molecule has 1 amide bonds. The van der Waals surface area contributed by atoms with Crippen LogP contribution in [0.3, 0.4) is 0 Å². The Balaban J connectivity index is 1.48. The van der Waals surface area contributed by atoms with Crippen LogP contribution < -0.4 is 10.2 Å². The molecule has 178 valence electrons. The highest BCUT2D eigenvalue weighted by molar-refractivity contribution is 6.30. The van der Waals surface area contributed by atoms with Gasteiger partial charge in [0.2, 0.25) is 5.91 Å². The molecule has 2 N–H and O–H groups in total. The number of halogens is 1. The molecule has 1 aromatic heterocycles. The highest BCUT2D eigenvalue weighted by Gasteiger charge is 2.35. The van der Waals surface area contributed by atoms with Crippen LogP contribution in [0.25, 0.3) is 0 Å². The standard InChI is InChI=1S/C25H34ClN5O2/c1-16-13-20(32)22-21(16)23(28-15-27-22)30-9-11-31(12-10-30)24(33)19(14-29-25(2,3)4)17-5-7-18(26)8-6-17/h5-8,15-16,19-20,29,32H,9-14H2,1-4H3/t16-,19?,20-/m1/s1. The number of aromatic nitrogens is 2. The summed E-state index contributed by atoms with van der Waals surface area (Å²) in [7, 11) is 0. The number of nitrogens with zero attached hydrogens (tertiary/aromatic N) is 4. The van der Waals surface area contributed by atoms with Gasteiger partial charge in [-0.05, 0) is 50.8 Å². The third-order valence-corrected chi connectivity index (χ3v) is 6.83. The maximum absolute atomic E-state index is 13.6. The third-order valence-electron chi connectivity index (χ3n) is 6.58. The maximum Gasteiger partial charge on any atom is 0.231 e. The van der Waals surface area contributed by atoms with Gasteiger partial charge in [0.15, 0.2) is 0 Å². The van der Waals surface area contributed by atoms with Crippen molar-refractivity contribution in [3.63, 3.8) is 0 Å². The quantitative estimate of drug-likeness (QED) is 0.694. The van der Waals surface area contributed by atoms with E-state index in [1.54, 1.807) is 6.33 Å². The minimum atomic E-state index is -0.518. The van der Waals surface area contributed by atoms with Crippen molar-refractivity contribution in [2.75, 3.05) is 37.6 Å². The molecule has 0 bridgehead atoms. The van der Waals surface area contributed by atoms with Crippen LogP contribution in [0.15, 0.2) is 30.6 Å². The second-order valence-electron chi connectivity index (χ2n) is 10.2. The van der Waals surface area contributed by atoms with Gasteiger partial charge in [-0.15, -0.1) is 0 Å². The Labute approximate surface area is 201 Å². The van der Waals surface area contributed by atoms with Gasteiger partial charge in [-0.3, -0.25) is 4.79 Å². The number of benzene rings is 1. The molecule has 33 heavy (non-hydrogen) atoms. The van der Waals surface area contributed by atoms with E-state index >= 15 is 0 Å². The molecular weight excluding hydrogens is 438 g/mol. The number of anilines is 1. The number of fused-ring (bicyclic) bond motifs is 1. The first kappa shape index (κ1) is 23.9. The van der Waals surface area contributed by atoms with E-state index in [4.69, 9.17) is 11.6 Å². The SMILES string of the molecule is C[C@@H]1C[C@@H](O)c2ncnc(N3CCN(C(=O)C(CNC(C)(C)C)c4ccc(Cl)cc4)CC3)c21.